The summed E-state index contributed by atoms with van der Waals surface area (Å²) in [6, 6.07) is 0. The molecule has 0 aliphatic rings. The van der Waals surface area contributed by atoms with Gasteiger partial charge in [-0.1, -0.05) is 30.7 Å². The fourth-order valence-corrected chi connectivity index (χ4v) is 0.485. The first-order chi connectivity index (χ1) is 4.81. The SMILES string of the molecule is C=C(C#CC)/C=C\C=C/C. The van der Waals surface area contributed by atoms with E-state index in [1.54, 1.807) is 6.92 Å². The van der Waals surface area contributed by atoms with Crippen molar-refractivity contribution in [2.45, 2.75) is 13.8 Å². The minimum absolute atomic E-state index is 0.848. The van der Waals surface area contributed by atoms with E-state index in [0.717, 1.165) is 5.57 Å². The third kappa shape index (κ3) is 4.93. The van der Waals surface area contributed by atoms with Gasteiger partial charge in [-0.2, -0.15) is 0 Å². The normalized spacial score (nSPS) is 9.80. The number of hydrogen-bond donors (Lipinski definition) is 0. The predicted molar refractivity (Wildman–Crippen MR) is 46.5 cm³/mol. The minimum atomic E-state index is 0.848. The van der Waals surface area contributed by atoms with Crippen molar-refractivity contribution < 1.29 is 0 Å². The molecule has 0 unspecified atom stereocenters. The van der Waals surface area contributed by atoms with Crippen LogP contribution in [0.25, 0.3) is 0 Å². The molecule has 0 N–H and O–H groups in total. The van der Waals surface area contributed by atoms with E-state index in [0.29, 0.717) is 0 Å². The summed E-state index contributed by atoms with van der Waals surface area (Å²) in [7, 11) is 0. The molecule has 0 aromatic heterocycles. The fraction of sp³-hybridized carbons (Fsp3) is 0.200. The maximum Gasteiger partial charge on any atom is 0.0173 e. The van der Waals surface area contributed by atoms with Crippen molar-refractivity contribution in [2.24, 2.45) is 0 Å². The largest absolute Gasteiger partial charge is 0.101 e. The molecule has 10 heavy (non-hydrogen) atoms. The van der Waals surface area contributed by atoms with Crippen LogP contribution in [0, 0.1) is 11.8 Å². The average Bonchev–Trinajstić information content (AvgIpc) is 1.89. The topological polar surface area (TPSA) is 0 Å². The van der Waals surface area contributed by atoms with Gasteiger partial charge >= 0.3 is 0 Å². The van der Waals surface area contributed by atoms with Gasteiger partial charge in [0.2, 0.25) is 0 Å². The Hall–Kier alpha value is -1.22. The third-order valence-corrected chi connectivity index (χ3v) is 0.887. The monoisotopic (exact) mass is 132 g/mol. The molecule has 0 aromatic rings. The summed E-state index contributed by atoms with van der Waals surface area (Å²) in [5, 5.41) is 0. The van der Waals surface area contributed by atoms with Gasteiger partial charge in [0.15, 0.2) is 0 Å². The first kappa shape index (κ1) is 8.78. The van der Waals surface area contributed by atoms with Crippen molar-refractivity contribution in [1.29, 1.82) is 0 Å². The molecule has 0 atom stereocenters. The summed E-state index contributed by atoms with van der Waals surface area (Å²) in [5.74, 6) is 5.61. The van der Waals surface area contributed by atoms with Crippen molar-refractivity contribution in [3.8, 4) is 11.8 Å². The molecule has 0 spiro atoms. The zero-order valence-corrected chi connectivity index (χ0v) is 6.52. The second kappa shape index (κ2) is 5.91. The predicted octanol–water partition coefficient (Wildman–Crippen LogP) is 2.70. The standard InChI is InChI=1S/C10H12/c1-4-6-7-9-10(3)8-5-2/h4,6-7,9H,3H2,1-2H3/b6-4-,9-7-. The highest BCUT2D eigenvalue weighted by molar-refractivity contribution is 5.36. The lowest BCUT2D eigenvalue weighted by atomic mass is 10.3. The van der Waals surface area contributed by atoms with Gasteiger partial charge in [-0.05, 0) is 19.9 Å². The zero-order chi connectivity index (χ0) is 7.82. The average molecular weight is 132 g/mol. The molecule has 0 saturated heterocycles. The number of hydrogen-bond acceptors (Lipinski definition) is 0. The fourth-order valence-electron chi connectivity index (χ4n) is 0.485. The van der Waals surface area contributed by atoms with E-state index in [-0.39, 0.29) is 0 Å². The highest BCUT2D eigenvalue weighted by Gasteiger charge is 1.73. The van der Waals surface area contributed by atoms with Gasteiger partial charge in [-0.3, -0.25) is 0 Å². The van der Waals surface area contributed by atoms with Gasteiger partial charge in [-0.15, -0.1) is 5.92 Å². The van der Waals surface area contributed by atoms with Crippen LogP contribution in [0.4, 0.5) is 0 Å². The van der Waals surface area contributed by atoms with E-state index in [9.17, 15) is 0 Å². The first-order valence-corrected chi connectivity index (χ1v) is 3.22. The maximum atomic E-state index is 3.72. The zero-order valence-electron chi connectivity index (χ0n) is 6.52. The second-order valence-corrected chi connectivity index (χ2v) is 1.79. The molecule has 0 aliphatic carbocycles. The van der Waals surface area contributed by atoms with Crippen LogP contribution >= 0.6 is 0 Å². The maximum absolute atomic E-state index is 3.72. The van der Waals surface area contributed by atoms with Crippen LogP contribution in [-0.2, 0) is 0 Å². The Bertz CT molecular complexity index is 206. The quantitative estimate of drug-likeness (QED) is 0.400. The van der Waals surface area contributed by atoms with Crippen molar-refractivity contribution in [3.63, 3.8) is 0 Å². The summed E-state index contributed by atoms with van der Waals surface area (Å²) < 4.78 is 0. The Morgan fingerprint density at radius 3 is 2.60 bits per heavy atom. The van der Waals surface area contributed by atoms with E-state index in [1.807, 2.05) is 31.2 Å². The summed E-state index contributed by atoms with van der Waals surface area (Å²) in [5.41, 5.74) is 0.848. The van der Waals surface area contributed by atoms with E-state index >= 15 is 0 Å². The van der Waals surface area contributed by atoms with Crippen LogP contribution in [0.3, 0.4) is 0 Å². The molecule has 0 bridgehead atoms. The van der Waals surface area contributed by atoms with Crippen LogP contribution in [0.1, 0.15) is 13.8 Å². The molecule has 0 heterocycles. The summed E-state index contributed by atoms with van der Waals surface area (Å²) in [6.07, 6.45) is 7.72. The van der Waals surface area contributed by atoms with Gasteiger partial charge in [-0.25, -0.2) is 0 Å². The van der Waals surface area contributed by atoms with Gasteiger partial charge in [0.25, 0.3) is 0 Å². The van der Waals surface area contributed by atoms with E-state index < -0.39 is 0 Å². The van der Waals surface area contributed by atoms with Gasteiger partial charge in [0, 0.05) is 5.57 Å². The van der Waals surface area contributed by atoms with Crippen LogP contribution in [0.15, 0.2) is 36.5 Å². The molecule has 0 fully saturated rings. The third-order valence-electron chi connectivity index (χ3n) is 0.887. The molecule has 0 rings (SSSR count). The van der Waals surface area contributed by atoms with Crippen LogP contribution in [0.5, 0.6) is 0 Å². The Balaban J connectivity index is 3.86. The van der Waals surface area contributed by atoms with Crippen LogP contribution in [-0.4, -0.2) is 0 Å². The van der Waals surface area contributed by atoms with Crippen molar-refractivity contribution in [1.82, 2.24) is 0 Å². The van der Waals surface area contributed by atoms with Crippen LogP contribution < -0.4 is 0 Å². The first-order valence-electron chi connectivity index (χ1n) is 3.22. The molecular formula is C10H12. The molecule has 0 amide bonds. The van der Waals surface area contributed by atoms with Gasteiger partial charge in [0.1, 0.15) is 0 Å². The van der Waals surface area contributed by atoms with E-state index in [4.69, 9.17) is 0 Å². The molecule has 0 radical (unpaired) electrons. The summed E-state index contributed by atoms with van der Waals surface area (Å²) in [4.78, 5) is 0. The Morgan fingerprint density at radius 2 is 2.10 bits per heavy atom. The van der Waals surface area contributed by atoms with Crippen molar-refractivity contribution >= 4 is 0 Å². The van der Waals surface area contributed by atoms with E-state index in [1.165, 1.54) is 0 Å². The van der Waals surface area contributed by atoms with E-state index in [2.05, 4.69) is 18.4 Å². The molecule has 0 saturated carbocycles. The molecular weight excluding hydrogens is 120 g/mol. The molecule has 0 nitrogen and oxygen atoms in total. The van der Waals surface area contributed by atoms with Gasteiger partial charge in [0.05, 0.1) is 0 Å². The molecule has 0 heteroatoms. The number of rotatable bonds is 2. The molecule has 0 aromatic carbocycles. The molecule has 0 aliphatic heterocycles. The summed E-state index contributed by atoms with van der Waals surface area (Å²) in [6.45, 7) is 7.49. The summed E-state index contributed by atoms with van der Waals surface area (Å²) >= 11 is 0. The second-order valence-electron chi connectivity index (χ2n) is 1.79. The Labute approximate surface area is 63.0 Å². The smallest absolute Gasteiger partial charge is 0.0173 e. The highest BCUT2D eigenvalue weighted by atomic mass is 13.8. The van der Waals surface area contributed by atoms with Crippen molar-refractivity contribution in [2.75, 3.05) is 0 Å². The lowest BCUT2D eigenvalue weighted by Gasteiger charge is -1.79. The number of allylic oxidation sites excluding steroid dienone is 5. The minimum Gasteiger partial charge on any atom is -0.101 e. The van der Waals surface area contributed by atoms with Gasteiger partial charge < -0.3 is 0 Å². The lowest BCUT2D eigenvalue weighted by molar-refractivity contribution is 1.71. The molecule has 52 valence electrons. The Morgan fingerprint density at radius 1 is 1.40 bits per heavy atom. The lowest BCUT2D eigenvalue weighted by Crippen LogP contribution is -1.63. The van der Waals surface area contributed by atoms with Crippen molar-refractivity contribution in [3.05, 3.63) is 36.5 Å². The highest BCUT2D eigenvalue weighted by Crippen LogP contribution is 1.89. The Kier molecular flexibility index (Phi) is 5.19. The van der Waals surface area contributed by atoms with Crippen LogP contribution in [0.2, 0.25) is 0 Å².